The lowest BCUT2D eigenvalue weighted by molar-refractivity contribution is 0.251. The van der Waals surface area contributed by atoms with Crippen molar-refractivity contribution in [1.82, 2.24) is 4.90 Å². The van der Waals surface area contributed by atoms with E-state index in [-0.39, 0.29) is 5.82 Å². The van der Waals surface area contributed by atoms with Crippen LogP contribution in [0.3, 0.4) is 0 Å². The van der Waals surface area contributed by atoms with Gasteiger partial charge in [-0.1, -0.05) is 30.3 Å². The van der Waals surface area contributed by atoms with Gasteiger partial charge in [0, 0.05) is 25.2 Å². The number of halogens is 2. The molecule has 0 aromatic heterocycles. The number of nitrogens with two attached hydrogens (primary N) is 1. The molecule has 0 saturated carbocycles. The zero-order chi connectivity index (χ0) is 15.1. The number of hydrogen-bond acceptors (Lipinski definition) is 2. The normalized spacial score (nSPS) is 11.0. The van der Waals surface area contributed by atoms with Gasteiger partial charge in [-0.3, -0.25) is 4.90 Å². The van der Waals surface area contributed by atoms with Crippen LogP contribution in [0.25, 0.3) is 0 Å². The van der Waals surface area contributed by atoms with Crippen LogP contribution in [0.15, 0.2) is 48.5 Å². The van der Waals surface area contributed by atoms with E-state index in [2.05, 4.69) is 4.90 Å². The standard InChI is InChI=1S/C17H20F2N2/c18-16-7-8-17(19)15(11-16)13-21(10-4-9-20)12-14-5-2-1-3-6-14/h1-3,5-8,11H,4,9-10,12-13,20H2. The van der Waals surface area contributed by atoms with E-state index >= 15 is 0 Å². The maximum atomic E-state index is 13.8. The Morgan fingerprint density at radius 3 is 2.43 bits per heavy atom. The first-order chi connectivity index (χ1) is 10.2. The van der Waals surface area contributed by atoms with E-state index in [9.17, 15) is 8.78 Å². The highest BCUT2D eigenvalue weighted by Gasteiger charge is 2.11. The molecular formula is C17H20F2N2. The monoisotopic (exact) mass is 290 g/mol. The second-order valence-electron chi connectivity index (χ2n) is 5.07. The second kappa shape index (κ2) is 7.86. The van der Waals surface area contributed by atoms with E-state index in [1.54, 1.807) is 0 Å². The molecule has 2 rings (SSSR count). The molecule has 0 aliphatic carbocycles. The lowest BCUT2D eigenvalue weighted by atomic mass is 10.1. The molecule has 0 unspecified atom stereocenters. The van der Waals surface area contributed by atoms with Crippen LogP contribution in [-0.4, -0.2) is 18.0 Å². The summed E-state index contributed by atoms with van der Waals surface area (Å²) in [6.07, 6.45) is 0.823. The topological polar surface area (TPSA) is 29.3 Å². The van der Waals surface area contributed by atoms with Crippen LogP contribution in [0.5, 0.6) is 0 Å². The van der Waals surface area contributed by atoms with Crippen molar-refractivity contribution in [3.05, 3.63) is 71.3 Å². The van der Waals surface area contributed by atoms with Crippen molar-refractivity contribution in [2.45, 2.75) is 19.5 Å². The van der Waals surface area contributed by atoms with Gasteiger partial charge >= 0.3 is 0 Å². The Morgan fingerprint density at radius 1 is 0.952 bits per heavy atom. The minimum atomic E-state index is -0.412. The highest BCUT2D eigenvalue weighted by molar-refractivity contribution is 5.19. The minimum absolute atomic E-state index is 0.373. The van der Waals surface area contributed by atoms with Crippen molar-refractivity contribution in [2.24, 2.45) is 5.73 Å². The molecule has 2 aromatic rings. The molecule has 0 fully saturated rings. The van der Waals surface area contributed by atoms with Gasteiger partial charge in [0.2, 0.25) is 0 Å². The molecule has 2 aromatic carbocycles. The maximum Gasteiger partial charge on any atom is 0.127 e. The summed E-state index contributed by atoms with van der Waals surface area (Å²) >= 11 is 0. The van der Waals surface area contributed by atoms with Crippen molar-refractivity contribution in [3.63, 3.8) is 0 Å². The molecule has 0 aliphatic rings. The Bertz CT molecular complexity index is 558. The van der Waals surface area contributed by atoms with Crippen molar-refractivity contribution in [3.8, 4) is 0 Å². The highest BCUT2D eigenvalue weighted by atomic mass is 19.1. The molecule has 2 N–H and O–H groups in total. The van der Waals surface area contributed by atoms with Crippen molar-refractivity contribution in [2.75, 3.05) is 13.1 Å². The van der Waals surface area contributed by atoms with Gasteiger partial charge in [-0.05, 0) is 36.7 Å². The van der Waals surface area contributed by atoms with Gasteiger partial charge in [-0.2, -0.15) is 0 Å². The molecule has 4 heteroatoms. The van der Waals surface area contributed by atoms with E-state index in [0.717, 1.165) is 24.6 Å². The zero-order valence-corrected chi connectivity index (χ0v) is 11.9. The summed E-state index contributed by atoms with van der Waals surface area (Å²) in [5.74, 6) is -0.785. The molecule has 21 heavy (non-hydrogen) atoms. The molecule has 0 atom stereocenters. The van der Waals surface area contributed by atoms with Crippen LogP contribution >= 0.6 is 0 Å². The van der Waals surface area contributed by atoms with Gasteiger partial charge in [0.15, 0.2) is 0 Å². The highest BCUT2D eigenvalue weighted by Crippen LogP contribution is 2.15. The van der Waals surface area contributed by atoms with E-state index in [1.165, 1.54) is 12.1 Å². The third-order valence-electron chi connectivity index (χ3n) is 3.33. The first kappa shape index (κ1) is 15.6. The third kappa shape index (κ3) is 4.92. The summed E-state index contributed by atoms with van der Waals surface area (Å²) in [6.45, 7) is 2.40. The Morgan fingerprint density at radius 2 is 1.71 bits per heavy atom. The zero-order valence-electron chi connectivity index (χ0n) is 11.9. The van der Waals surface area contributed by atoms with E-state index in [4.69, 9.17) is 5.73 Å². The van der Waals surface area contributed by atoms with Gasteiger partial charge < -0.3 is 5.73 Å². The molecule has 0 heterocycles. The Hall–Kier alpha value is -1.78. The smallest absolute Gasteiger partial charge is 0.127 e. The molecule has 0 spiro atoms. The molecular weight excluding hydrogens is 270 g/mol. The third-order valence-corrected chi connectivity index (χ3v) is 3.33. The first-order valence-electron chi connectivity index (χ1n) is 7.09. The Kier molecular flexibility index (Phi) is 5.84. The predicted molar refractivity (Wildman–Crippen MR) is 80.6 cm³/mol. The predicted octanol–water partition coefficient (Wildman–Crippen LogP) is 3.32. The van der Waals surface area contributed by atoms with E-state index in [0.29, 0.717) is 25.2 Å². The van der Waals surface area contributed by atoms with Gasteiger partial charge in [0.25, 0.3) is 0 Å². The summed E-state index contributed by atoms with van der Waals surface area (Å²) < 4.78 is 27.0. The molecule has 0 aliphatic heterocycles. The summed E-state index contributed by atoms with van der Waals surface area (Å²) in [5.41, 5.74) is 7.08. The summed E-state index contributed by atoms with van der Waals surface area (Å²) in [4.78, 5) is 2.08. The SMILES string of the molecule is NCCCN(Cc1ccccc1)Cc1cc(F)ccc1F. The number of nitrogens with zero attached hydrogens (tertiary/aromatic N) is 1. The van der Waals surface area contributed by atoms with Crippen LogP contribution in [0.1, 0.15) is 17.5 Å². The minimum Gasteiger partial charge on any atom is -0.330 e. The molecule has 2 nitrogen and oxygen atoms in total. The Labute approximate surface area is 124 Å². The van der Waals surface area contributed by atoms with Gasteiger partial charge in [-0.15, -0.1) is 0 Å². The van der Waals surface area contributed by atoms with Crippen LogP contribution in [-0.2, 0) is 13.1 Å². The van der Waals surface area contributed by atoms with Gasteiger partial charge in [0.1, 0.15) is 11.6 Å². The van der Waals surface area contributed by atoms with Crippen LogP contribution in [0, 0.1) is 11.6 Å². The van der Waals surface area contributed by atoms with Crippen molar-refractivity contribution >= 4 is 0 Å². The molecule has 0 radical (unpaired) electrons. The molecule has 0 bridgehead atoms. The van der Waals surface area contributed by atoms with Crippen molar-refractivity contribution in [1.29, 1.82) is 0 Å². The number of rotatable bonds is 7. The summed E-state index contributed by atoms with van der Waals surface area (Å²) in [6, 6.07) is 13.5. The number of benzene rings is 2. The van der Waals surface area contributed by atoms with Crippen LogP contribution < -0.4 is 5.73 Å². The van der Waals surface area contributed by atoms with Crippen molar-refractivity contribution < 1.29 is 8.78 Å². The van der Waals surface area contributed by atoms with Gasteiger partial charge in [-0.25, -0.2) is 8.78 Å². The van der Waals surface area contributed by atoms with E-state index < -0.39 is 5.82 Å². The van der Waals surface area contributed by atoms with Crippen LogP contribution in [0.4, 0.5) is 8.78 Å². The second-order valence-corrected chi connectivity index (χ2v) is 5.07. The fourth-order valence-corrected chi connectivity index (χ4v) is 2.28. The fraction of sp³-hybridized carbons (Fsp3) is 0.294. The average Bonchev–Trinajstić information content (AvgIpc) is 2.49. The molecule has 112 valence electrons. The Balaban J connectivity index is 2.10. The summed E-state index contributed by atoms with van der Waals surface area (Å²) in [7, 11) is 0. The lowest BCUT2D eigenvalue weighted by Crippen LogP contribution is -2.26. The van der Waals surface area contributed by atoms with Crippen LogP contribution in [0.2, 0.25) is 0 Å². The lowest BCUT2D eigenvalue weighted by Gasteiger charge is -2.22. The van der Waals surface area contributed by atoms with E-state index in [1.807, 2.05) is 30.3 Å². The molecule has 0 amide bonds. The largest absolute Gasteiger partial charge is 0.330 e. The average molecular weight is 290 g/mol. The van der Waals surface area contributed by atoms with Gasteiger partial charge in [0.05, 0.1) is 0 Å². The quantitative estimate of drug-likeness (QED) is 0.847. The summed E-state index contributed by atoms with van der Waals surface area (Å²) in [5, 5.41) is 0. The molecule has 0 saturated heterocycles. The fourth-order valence-electron chi connectivity index (χ4n) is 2.28. The number of hydrogen-bond donors (Lipinski definition) is 1. The maximum absolute atomic E-state index is 13.8. The first-order valence-corrected chi connectivity index (χ1v) is 7.09.